The van der Waals surface area contributed by atoms with Crippen LogP contribution in [0.3, 0.4) is 0 Å². The Bertz CT molecular complexity index is 438. The number of halogens is 1. The van der Waals surface area contributed by atoms with Gasteiger partial charge < -0.3 is 15.7 Å². The lowest BCUT2D eigenvalue weighted by Gasteiger charge is -2.07. The first-order valence-corrected chi connectivity index (χ1v) is 6.06. The molecule has 0 aliphatic heterocycles. The predicted octanol–water partition coefficient (Wildman–Crippen LogP) is 1.61. The zero-order chi connectivity index (χ0) is 14.1. The van der Waals surface area contributed by atoms with Crippen LogP contribution in [0.4, 0.5) is 10.1 Å². The summed E-state index contributed by atoms with van der Waals surface area (Å²) in [6, 6.07) is 6.14. The summed E-state index contributed by atoms with van der Waals surface area (Å²) in [5.74, 6) is -1.55. The van der Waals surface area contributed by atoms with E-state index in [1.165, 1.54) is 12.1 Å². The fourth-order valence-corrected chi connectivity index (χ4v) is 1.46. The summed E-state index contributed by atoms with van der Waals surface area (Å²) in [4.78, 5) is 21.4. The summed E-state index contributed by atoms with van der Waals surface area (Å²) >= 11 is 0. The highest BCUT2D eigenvalue weighted by Gasteiger charge is 2.03. The number of aliphatic carboxylic acids is 1. The number of carboxylic acids is 1. The number of benzene rings is 1. The molecule has 0 radical (unpaired) electrons. The topological polar surface area (TPSA) is 78.4 Å². The molecule has 1 amide bonds. The highest BCUT2D eigenvalue weighted by Crippen LogP contribution is 2.08. The van der Waals surface area contributed by atoms with Gasteiger partial charge in [-0.2, -0.15) is 0 Å². The van der Waals surface area contributed by atoms with Crippen LogP contribution in [0.25, 0.3) is 0 Å². The van der Waals surface area contributed by atoms with E-state index in [1.54, 1.807) is 12.1 Å². The second kappa shape index (κ2) is 8.07. The van der Waals surface area contributed by atoms with Gasteiger partial charge in [-0.05, 0) is 24.6 Å². The summed E-state index contributed by atoms with van der Waals surface area (Å²) in [5.41, 5.74) is 0.692. The molecule has 0 aliphatic carbocycles. The molecule has 1 aromatic rings. The van der Waals surface area contributed by atoms with Crippen LogP contribution >= 0.6 is 0 Å². The van der Waals surface area contributed by atoms with Gasteiger partial charge in [0.25, 0.3) is 0 Å². The molecule has 5 nitrogen and oxygen atoms in total. The predicted molar refractivity (Wildman–Crippen MR) is 69.4 cm³/mol. The number of hydrogen-bond acceptors (Lipinski definition) is 3. The Kier molecular flexibility index (Phi) is 6.35. The van der Waals surface area contributed by atoms with Crippen molar-refractivity contribution < 1.29 is 19.1 Å². The zero-order valence-electron chi connectivity index (χ0n) is 10.5. The second-order valence-electron chi connectivity index (χ2n) is 4.03. The van der Waals surface area contributed by atoms with Gasteiger partial charge in [-0.3, -0.25) is 9.59 Å². The molecule has 0 fully saturated rings. The summed E-state index contributed by atoms with van der Waals surface area (Å²) in [7, 11) is 0. The smallest absolute Gasteiger partial charge is 0.303 e. The molecule has 0 spiro atoms. The first kappa shape index (κ1) is 14.9. The van der Waals surface area contributed by atoms with Gasteiger partial charge in [0.1, 0.15) is 5.82 Å². The molecule has 0 saturated carbocycles. The lowest BCUT2D eigenvalue weighted by atomic mass is 10.3. The Hall–Kier alpha value is -2.11. The number of carboxylic acid groups (broad SMARTS) is 1. The molecule has 6 heteroatoms. The average Bonchev–Trinajstić information content (AvgIpc) is 2.36. The van der Waals surface area contributed by atoms with Gasteiger partial charge in [0, 0.05) is 25.2 Å². The van der Waals surface area contributed by atoms with Crippen molar-refractivity contribution in [3.63, 3.8) is 0 Å². The van der Waals surface area contributed by atoms with E-state index in [2.05, 4.69) is 10.6 Å². The fraction of sp³-hybridized carbons (Fsp3) is 0.385. The molecule has 0 heterocycles. The van der Waals surface area contributed by atoms with Crippen molar-refractivity contribution in [1.82, 2.24) is 5.32 Å². The first-order chi connectivity index (χ1) is 9.08. The van der Waals surface area contributed by atoms with E-state index in [9.17, 15) is 14.0 Å². The van der Waals surface area contributed by atoms with Crippen molar-refractivity contribution in [1.29, 1.82) is 0 Å². The number of anilines is 1. The Morgan fingerprint density at radius 1 is 1.21 bits per heavy atom. The maximum absolute atomic E-state index is 12.9. The molecule has 104 valence electrons. The Morgan fingerprint density at radius 3 is 2.68 bits per heavy atom. The van der Waals surface area contributed by atoms with Gasteiger partial charge in [-0.1, -0.05) is 6.07 Å². The minimum Gasteiger partial charge on any atom is -0.481 e. The monoisotopic (exact) mass is 268 g/mol. The van der Waals surface area contributed by atoms with Crippen molar-refractivity contribution in [2.45, 2.75) is 19.3 Å². The zero-order valence-corrected chi connectivity index (χ0v) is 10.5. The third-order valence-electron chi connectivity index (χ3n) is 2.40. The van der Waals surface area contributed by atoms with E-state index >= 15 is 0 Å². The van der Waals surface area contributed by atoms with Gasteiger partial charge in [0.2, 0.25) is 5.91 Å². The van der Waals surface area contributed by atoms with E-state index < -0.39 is 5.97 Å². The quantitative estimate of drug-likeness (QED) is 0.626. The van der Waals surface area contributed by atoms with Crippen LogP contribution in [0.2, 0.25) is 0 Å². The number of carbonyl (C=O) groups is 2. The fourth-order valence-electron chi connectivity index (χ4n) is 1.46. The van der Waals surface area contributed by atoms with Crippen LogP contribution in [0, 0.1) is 5.82 Å². The number of hydrogen-bond donors (Lipinski definition) is 3. The second-order valence-corrected chi connectivity index (χ2v) is 4.03. The molecule has 3 N–H and O–H groups in total. The minimum absolute atomic E-state index is 0.00728. The lowest BCUT2D eigenvalue weighted by Crippen LogP contribution is -2.26. The van der Waals surface area contributed by atoms with Gasteiger partial charge in [-0.15, -0.1) is 0 Å². The van der Waals surface area contributed by atoms with Gasteiger partial charge >= 0.3 is 5.97 Å². The largest absolute Gasteiger partial charge is 0.481 e. The summed E-state index contributed by atoms with van der Waals surface area (Å²) < 4.78 is 12.9. The molecule has 0 unspecified atom stereocenters. The molecular formula is C13H17FN2O3. The number of nitrogens with one attached hydrogen (secondary N) is 2. The van der Waals surface area contributed by atoms with Crippen molar-refractivity contribution in [2.24, 2.45) is 0 Å². The normalized spacial score (nSPS) is 9.95. The van der Waals surface area contributed by atoms with Gasteiger partial charge in [-0.25, -0.2) is 4.39 Å². The molecule has 0 aromatic heterocycles. The maximum Gasteiger partial charge on any atom is 0.303 e. The summed E-state index contributed by atoms with van der Waals surface area (Å²) in [6.45, 7) is 1.06. The third-order valence-corrected chi connectivity index (χ3v) is 2.40. The first-order valence-electron chi connectivity index (χ1n) is 6.06. The molecule has 0 saturated heterocycles. The van der Waals surface area contributed by atoms with Gasteiger partial charge in [0.15, 0.2) is 0 Å². The van der Waals surface area contributed by atoms with Crippen LogP contribution < -0.4 is 10.6 Å². The molecule has 1 rings (SSSR count). The van der Waals surface area contributed by atoms with Crippen LogP contribution in [0.15, 0.2) is 24.3 Å². The van der Waals surface area contributed by atoms with Crippen LogP contribution in [-0.4, -0.2) is 30.1 Å². The van der Waals surface area contributed by atoms with Gasteiger partial charge in [0.05, 0.1) is 6.42 Å². The highest BCUT2D eigenvalue weighted by molar-refractivity contribution is 5.80. The minimum atomic E-state index is -0.983. The van der Waals surface area contributed by atoms with E-state index in [4.69, 9.17) is 5.11 Å². The number of carbonyl (C=O) groups excluding carboxylic acids is 1. The molecule has 0 atom stereocenters. The van der Waals surface area contributed by atoms with E-state index in [0.717, 1.165) is 0 Å². The Balaban J connectivity index is 2.08. The highest BCUT2D eigenvalue weighted by atomic mass is 19.1. The van der Waals surface area contributed by atoms with Crippen molar-refractivity contribution in [3.8, 4) is 0 Å². The summed E-state index contributed by atoms with van der Waals surface area (Å²) in [5, 5.41) is 14.0. The third kappa shape index (κ3) is 7.03. The molecule has 0 aliphatic rings. The lowest BCUT2D eigenvalue weighted by molar-refractivity contribution is -0.138. The number of rotatable bonds is 8. The van der Waals surface area contributed by atoms with Crippen molar-refractivity contribution >= 4 is 17.6 Å². The summed E-state index contributed by atoms with van der Waals surface area (Å²) in [6.07, 6.45) is 0.509. The standard InChI is InChI=1S/C13H17FN2O3/c14-10-3-1-4-11(9-10)15-7-2-8-16-12(17)5-6-13(18)19/h1,3-4,9,15H,2,5-8H2,(H,16,17)(H,18,19). The Labute approximate surface area is 110 Å². The Morgan fingerprint density at radius 2 is 2.00 bits per heavy atom. The van der Waals surface area contributed by atoms with Crippen molar-refractivity contribution in [2.75, 3.05) is 18.4 Å². The molecular weight excluding hydrogens is 251 g/mol. The maximum atomic E-state index is 12.9. The molecule has 19 heavy (non-hydrogen) atoms. The number of amides is 1. The van der Waals surface area contributed by atoms with Crippen molar-refractivity contribution in [3.05, 3.63) is 30.1 Å². The van der Waals surface area contributed by atoms with E-state index in [-0.39, 0.29) is 24.6 Å². The van der Waals surface area contributed by atoms with Crippen LogP contribution in [0.1, 0.15) is 19.3 Å². The molecule has 0 bridgehead atoms. The van der Waals surface area contributed by atoms with Crippen LogP contribution in [0.5, 0.6) is 0 Å². The van der Waals surface area contributed by atoms with Crippen LogP contribution in [-0.2, 0) is 9.59 Å². The SMILES string of the molecule is O=C(O)CCC(=O)NCCCNc1cccc(F)c1. The van der Waals surface area contributed by atoms with E-state index in [0.29, 0.717) is 25.2 Å². The van der Waals surface area contributed by atoms with E-state index in [1.807, 2.05) is 0 Å². The molecule has 1 aromatic carbocycles. The average molecular weight is 268 g/mol.